The molecule has 0 fully saturated rings. The number of hydrogen-bond donors (Lipinski definition) is 0. The number of fused-ring (bicyclic) bond motifs is 6. The lowest BCUT2D eigenvalue weighted by Crippen LogP contribution is -2.10. The molecule has 0 atom stereocenters. The number of furan rings is 1. The van der Waals surface area contributed by atoms with Crippen LogP contribution in [0.15, 0.2) is 223 Å². The van der Waals surface area contributed by atoms with Crippen LogP contribution in [-0.2, 0) is 0 Å². The Kier molecular flexibility index (Phi) is 7.82. The summed E-state index contributed by atoms with van der Waals surface area (Å²) in [5.41, 5.74) is 15.5. The molecule has 3 heteroatoms. The molecule has 57 heavy (non-hydrogen) atoms. The summed E-state index contributed by atoms with van der Waals surface area (Å²) in [5, 5.41) is 4.60. The Morgan fingerprint density at radius 3 is 1.58 bits per heavy atom. The van der Waals surface area contributed by atoms with Crippen LogP contribution < -0.4 is 4.90 Å². The van der Waals surface area contributed by atoms with E-state index in [2.05, 4.69) is 222 Å². The second-order valence-corrected chi connectivity index (χ2v) is 14.5. The van der Waals surface area contributed by atoms with E-state index in [4.69, 9.17) is 4.42 Å². The molecule has 11 aromatic rings. The molecule has 0 aliphatic carbocycles. The summed E-state index contributed by atoms with van der Waals surface area (Å²) in [4.78, 5) is 2.36. The van der Waals surface area contributed by atoms with Crippen molar-refractivity contribution < 1.29 is 4.42 Å². The van der Waals surface area contributed by atoms with Crippen LogP contribution in [0.2, 0.25) is 0 Å². The first-order valence-electron chi connectivity index (χ1n) is 19.4. The van der Waals surface area contributed by atoms with Crippen molar-refractivity contribution in [3.8, 4) is 39.1 Å². The Labute approximate surface area is 330 Å². The molecule has 0 amide bonds. The lowest BCUT2D eigenvalue weighted by molar-refractivity contribution is 0.669. The van der Waals surface area contributed by atoms with Gasteiger partial charge in [0.05, 0.1) is 22.1 Å². The Morgan fingerprint density at radius 1 is 0.333 bits per heavy atom. The zero-order valence-electron chi connectivity index (χ0n) is 31.1. The molecule has 0 radical (unpaired) electrons. The number of hydrogen-bond acceptors (Lipinski definition) is 2. The minimum Gasteiger partial charge on any atom is -0.456 e. The Balaban J connectivity index is 1.14. The average Bonchev–Trinajstić information content (AvgIpc) is 3.83. The first kappa shape index (κ1) is 32.8. The summed E-state index contributed by atoms with van der Waals surface area (Å²) in [5.74, 6) is 0. The van der Waals surface area contributed by atoms with E-state index in [-0.39, 0.29) is 0 Å². The average molecular weight is 729 g/mol. The number of anilines is 3. The number of benzene rings is 9. The fourth-order valence-corrected chi connectivity index (χ4v) is 8.64. The molecule has 2 heterocycles. The maximum atomic E-state index is 6.54. The maximum Gasteiger partial charge on any atom is 0.137 e. The van der Waals surface area contributed by atoms with E-state index in [1.54, 1.807) is 0 Å². The molecule has 268 valence electrons. The van der Waals surface area contributed by atoms with E-state index in [1.807, 2.05) is 6.07 Å². The molecule has 3 nitrogen and oxygen atoms in total. The Hall–Kier alpha value is -7.62. The predicted octanol–water partition coefficient (Wildman–Crippen LogP) is 15.2. The molecular formula is C54H36N2O. The van der Waals surface area contributed by atoms with Crippen molar-refractivity contribution in [3.05, 3.63) is 218 Å². The van der Waals surface area contributed by atoms with Crippen LogP contribution in [-0.4, -0.2) is 4.57 Å². The van der Waals surface area contributed by atoms with Crippen LogP contribution in [0.3, 0.4) is 0 Å². The summed E-state index contributed by atoms with van der Waals surface area (Å²) in [6.07, 6.45) is 0. The summed E-state index contributed by atoms with van der Waals surface area (Å²) in [7, 11) is 0. The van der Waals surface area contributed by atoms with Gasteiger partial charge in [0.25, 0.3) is 0 Å². The van der Waals surface area contributed by atoms with E-state index in [0.29, 0.717) is 0 Å². The summed E-state index contributed by atoms with van der Waals surface area (Å²) >= 11 is 0. The summed E-state index contributed by atoms with van der Waals surface area (Å²) in [6, 6.07) is 78.0. The van der Waals surface area contributed by atoms with E-state index in [1.165, 1.54) is 33.0 Å². The second kappa shape index (κ2) is 13.6. The largest absolute Gasteiger partial charge is 0.456 e. The third-order valence-corrected chi connectivity index (χ3v) is 11.2. The first-order chi connectivity index (χ1) is 28.3. The zero-order valence-corrected chi connectivity index (χ0v) is 31.1. The van der Waals surface area contributed by atoms with Crippen LogP contribution in [0, 0.1) is 0 Å². The molecule has 0 unspecified atom stereocenters. The second-order valence-electron chi connectivity index (χ2n) is 14.5. The molecule has 0 spiro atoms. The lowest BCUT2D eigenvalue weighted by atomic mass is 9.94. The van der Waals surface area contributed by atoms with Gasteiger partial charge >= 0.3 is 0 Å². The molecular weight excluding hydrogens is 693 g/mol. The molecule has 0 saturated heterocycles. The highest BCUT2D eigenvalue weighted by molar-refractivity contribution is 6.17. The van der Waals surface area contributed by atoms with Crippen molar-refractivity contribution in [3.63, 3.8) is 0 Å². The molecule has 0 aliphatic heterocycles. The van der Waals surface area contributed by atoms with Gasteiger partial charge in [0.15, 0.2) is 0 Å². The lowest BCUT2D eigenvalue weighted by Gasteiger charge is -2.26. The fraction of sp³-hybridized carbons (Fsp3) is 0. The number of para-hydroxylation sites is 3. The van der Waals surface area contributed by atoms with Gasteiger partial charge in [-0.15, -0.1) is 0 Å². The number of aromatic nitrogens is 1. The molecule has 9 aromatic carbocycles. The summed E-state index contributed by atoms with van der Waals surface area (Å²) < 4.78 is 9.00. The van der Waals surface area contributed by atoms with Crippen LogP contribution in [0.1, 0.15) is 0 Å². The van der Waals surface area contributed by atoms with Gasteiger partial charge in [0.1, 0.15) is 11.2 Å². The zero-order chi connectivity index (χ0) is 37.7. The molecule has 0 saturated carbocycles. The molecule has 2 aromatic heterocycles. The maximum absolute atomic E-state index is 6.54. The summed E-state index contributed by atoms with van der Waals surface area (Å²) in [6.45, 7) is 0. The smallest absolute Gasteiger partial charge is 0.137 e. The van der Waals surface area contributed by atoms with Crippen LogP contribution in [0.25, 0.3) is 82.8 Å². The van der Waals surface area contributed by atoms with Crippen molar-refractivity contribution >= 4 is 60.8 Å². The van der Waals surface area contributed by atoms with E-state index in [9.17, 15) is 0 Å². The SMILES string of the molecule is c1ccc(-c2ccccc2-c2ccc(N(c3ccccc3)c3ccc4c5ccccc5n(-c5c(-c6ccccc6)ccc6oc7ccccc7c56)c4c3)cc2)cc1. The van der Waals surface area contributed by atoms with Gasteiger partial charge in [0, 0.05) is 38.8 Å². The quantitative estimate of drug-likeness (QED) is 0.163. The predicted molar refractivity (Wildman–Crippen MR) is 239 cm³/mol. The van der Waals surface area contributed by atoms with Crippen LogP contribution >= 0.6 is 0 Å². The van der Waals surface area contributed by atoms with Crippen LogP contribution in [0.4, 0.5) is 17.1 Å². The molecule has 0 N–H and O–H groups in total. The monoisotopic (exact) mass is 728 g/mol. The number of nitrogens with zero attached hydrogens (tertiary/aromatic N) is 2. The molecule has 0 bridgehead atoms. The van der Waals surface area contributed by atoms with E-state index >= 15 is 0 Å². The van der Waals surface area contributed by atoms with Crippen molar-refractivity contribution in [2.45, 2.75) is 0 Å². The molecule has 0 aliphatic rings. The van der Waals surface area contributed by atoms with Gasteiger partial charge in [0.2, 0.25) is 0 Å². The third kappa shape index (κ3) is 5.51. The first-order valence-corrected chi connectivity index (χ1v) is 19.4. The van der Waals surface area contributed by atoms with Gasteiger partial charge < -0.3 is 13.9 Å². The van der Waals surface area contributed by atoms with Gasteiger partial charge in [-0.25, -0.2) is 0 Å². The van der Waals surface area contributed by atoms with Crippen molar-refractivity contribution in [2.75, 3.05) is 4.90 Å². The van der Waals surface area contributed by atoms with E-state index in [0.717, 1.165) is 66.8 Å². The van der Waals surface area contributed by atoms with E-state index < -0.39 is 0 Å². The highest BCUT2D eigenvalue weighted by Crippen LogP contribution is 2.45. The highest BCUT2D eigenvalue weighted by Gasteiger charge is 2.23. The van der Waals surface area contributed by atoms with Gasteiger partial charge in [-0.05, 0) is 88.5 Å². The minimum absolute atomic E-state index is 0.868. The van der Waals surface area contributed by atoms with Crippen LogP contribution in [0.5, 0.6) is 0 Å². The van der Waals surface area contributed by atoms with Gasteiger partial charge in [-0.1, -0.05) is 158 Å². The fourth-order valence-electron chi connectivity index (χ4n) is 8.64. The van der Waals surface area contributed by atoms with Gasteiger partial charge in [-0.3, -0.25) is 0 Å². The Bertz CT molecular complexity index is 3220. The Morgan fingerprint density at radius 2 is 0.860 bits per heavy atom. The number of rotatable bonds is 7. The van der Waals surface area contributed by atoms with Crippen molar-refractivity contribution in [2.24, 2.45) is 0 Å². The normalized spacial score (nSPS) is 11.5. The van der Waals surface area contributed by atoms with Crippen molar-refractivity contribution in [1.29, 1.82) is 0 Å². The minimum atomic E-state index is 0.868. The molecule has 11 rings (SSSR count). The topological polar surface area (TPSA) is 21.3 Å². The van der Waals surface area contributed by atoms with Crippen molar-refractivity contribution in [1.82, 2.24) is 4.57 Å². The van der Waals surface area contributed by atoms with Gasteiger partial charge in [-0.2, -0.15) is 0 Å². The third-order valence-electron chi connectivity index (χ3n) is 11.2. The standard InChI is InChI=1S/C54H36N2O/c1-4-16-37(17-5-1)43-22-10-11-23-44(43)39-28-30-41(31-29-39)55(40-20-8-3-9-21-40)42-32-33-47-46-24-12-14-26-49(46)56(50(47)36-42)54-45(38-18-6-2-7-19-38)34-35-52-53(54)48-25-13-15-27-51(48)57-52/h1-36H. The highest BCUT2D eigenvalue weighted by atomic mass is 16.3.